The molecule has 2 aromatic heterocycles. The lowest BCUT2D eigenvalue weighted by Crippen LogP contribution is -2.52. The number of aryl methyl sites for hydroxylation is 1. The minimum atomic E-state index is -2.81. The number of benzene rings is 2. The van der Waals surface area contributed by atoms with Gasteiger partial charge >= 0.3 is 17.9 Å². The maximum atomic E-state index is 15.2. The molecule has 15 heteroatoms. The molecule has 43 heavy (non-hydrogen) atoms. The molecule has 4 aromatic rings. The Kier molecular flexibility index (Phi) is 7.79. The highest BCUT2D eigenvalue weighted by Crippen LogP contribution is 2.35. The van der Waals surface area contributed by atoms with Gasteiger partial charge in [0, 0.05) is 6.42 Å². The van der Waals surface area contributed by atoms with Crippen molar-refractivity contribution < 1.29 is 48.7 Å². The summed E-state index contributed by atoms with van der Waals surface area (Å²) in [5.74, 6) is -4.39. The van der Waals surface area contributed by atoms with E-state index >= 15 is 4.39 Å². The molecule has 0 bridgehead atoms. The van der Waals surface area contributed by atoms with Crippen molar-refractivity contribution in [3.63, 3.8) is 0 Å². The molecular formula is C28H26FN5O9. The van der Waals surface area contributed by atoms with Crippen molar-refractivity contribution >= 4 is 34.9 Å². The van der Waals surface area contributed by atoms with Crippen LogP contribution < -0.4 is 5.73 Å². The van der Waals surface area contributed by atoms with Crippen LogP contribution in [0.2, 0.25) is 0 Å². The second-order valence-corrected chi connectivity index (χ2v) is 9.99. The number of rotatable bonds is 10. The zero-order valence-corrected chi connectivity index (χ0v) is 22.5. The van der Waals surface area contributed by atoms with Crippen molar-refractivity contribution in [3.05, 3.63) is 71.8 Å². The maximum absolute atomic E-state index is 15.2. The number of aliphatic carboxylic acids is 2. The first-order chi connectivity index (χ1) is 20.4. The third-order valence-electron chi connectivity index (χ3n) is 7.16. The standard InChI is InChI=1S/C28H26FN5O9/c1-13-32-22(30)20-23(33-13)34(12-31-20)24-19(29)21(35)18(43-24)11-42-28(26(38)39,27(40)41)10-14-5-7-15(8-6-14)16-3-2-4-17(9-16)25(36)37/h2-9,12,18-19,21,24,35H,10-11H2,1H3,(H,36,37)(H,38,39)(H,40,41)(H2,30,32,33)/t18-,19+,21-,24-/m1/s1. The second-order valence-electron chi connectivity index (χ2n) is 9.99. The van der Waals surface area contributed by atoms with Gasteiger partial charge in [-0.1, -0.05) is 36.4 Å². The predicted octanol–water partition coefficient (Wildman–Crippen LogP) is 1.85. The number of carbonyl (C=O) groups is 3. The number of nitrogens with zero attached hydrogens (tertiary/aromatic N) is 4. The Hall–Kier alpha value is -4.99. The average molecular weight is 596 g/mol. The van der Waals surface area contributed by atoms with Gasteiger partial charge in [0.25, 0.3) is 5.60 Å². The lowest BCUT2D eigenvalue weighted by atomic mass is 9.92. The van der Waals surface area contributed by atoms with Crippen LogP contribution in [0, 0.1) is 6.92 Å². The summed E-state index contributed by atoms with van der Waals surface area (Å²) >= 11 is 0. The molecule has 6 N–H and O–H groups in total. The van der Waals surface area contributed by atoms with Crippen molar-refractivity contribution in [1.82, 2.24) is 19.5 Å². The highest BCUT2D eigenvalue weighted by Gasteiger charge is 2.52. The average Bonchev–Trinajstić information content (AvgIpc) is 3.51. The summed E-state index contributed by atoms with van der Waals surface area (Å²) in [7, 11) is 0. The third-order valence-corrected chi connectivity index (χ3v) is 7.16. The molecule has 5 rings (SSSR count). The van der Waals surface area contributed by atoms with Crippen LogP contribution in [0.15, 0.2) is 54.9 Å². The van der Waals surface area contributed by atoms with E-state index in [1.54, 1.807) is 31.2 Å². The van der Waals surface area contributed by atoms with Gasteiger partial charge < -0.3 is 35.6 Å². The minimum absolute atomic E-state index is 0.0598. The van der Waals surface area contributed by atoms with E-state index in [2.05, 4.69) is 15.0 Å². The molecule has 224 valence electrons. The third kappa shape index (κ3) is 5.48. The lowest BCUT2D eigenvalue weighted by Gasteiger charge is -2.27. The summed E-state index contributed by atoms with van der Waals surface area (Å²) in [6, 6.07) is 12.3. The van der Waals surface area contributed by atoms with E-state index in [9.17, 15) is 34.8 Å². The number of ether oxygens (including phenoxy) is 2. The molecule has 0 unspecified atom stereocenters. The fourth-order valence-electron chi connectivity index (χ4n) is 4.88. The first kappa shape index (κ1) is 29.5. The number of alkyl halides is 1. The van der Waals surface area contributed by atoms with Gasteiger partial charge in [0.15, 0.2) is 23.9 Å². The molecule has 2 aromatic carbocycles. The Bertz CT molecular complexity index is 1700. The SMILES string of the molecule is Cc1nc(N)c2ncn([C@@H]3O[C@H](COC(Cc4ccc(-c5cccc(C(=O)O)c5)cc4)(C(=O)O)C(=O)O)[C@@H](O)[C@@H]3F)c2n1. The quantitative estimate of drug-likeness (QED) is 0.165. The van der Waals surface area contributed by atoms with Crippen molar-refractivity contribution in [1.29, 1.82) is 0 Å². The number of aromatic nitrogens is 4. The number of hydrogen-bond acceptors (Lipinski definition) is 10. The summed E-state index contributed by atoms with van der Waals surface area (Å²) in [4.78, 5) is 48.2. The van der Waals surface area contributed by atoms with E-state index in [0.717, 1.165) is 0 Å². The molecule has 1 aliphatic rings. The van der Waals surface area contributed by atoms with Crippen LogP contribution in [0.4, 0.5) is 10.2 Å². The fourth-order valence-corrected chi connectivity index (χ4v) is 4.88. The number of carboxylic acids is 3. The van der Waals surface area contributed by atoms with E-state index < -0.39 is 61.1 Å². The molecule has 0 saturated carbocycles. The summed E-state index contributed by atoms with van der Waals surface area (Å²) in [5.41, 5.74) is 4.94. The van der Waals surface area contributed by atoms with E-state index in [1.807, 2.05) is 0 Å². The van der Waals surface area contributed by atoms with Crippen LogP contribution in [0.25, 0.3) is 22.3 Å². The van der Waals surface area contributed by atoms with E-state index in [4.69, 9.17) is 15.2 Å². The Balaban J connectivity index is 1.35. The first-order valence-corrected chi connectivity index (χ1v) is 12.9. The van der Waals surface area contributed by atoms with Gasteiger partial charge in [-0.25, -0.2) is 33.7 Å². The summed E-state index contributed by atoms with van der Waals surface area (Å²) in [5, 5.41) is 39.7. The van der Waals surface area contributed by atoms with Crippen LogP contribution >= 0.6 is 0 Å². The molecule has 0 radical (unpaired) electrons. The highest BCUT2D eigenvalue weighted by molar-refractivity contribution is 6.02. The largest absolute Gasteiger partial charge is 0.479 e. The van der Waals surface area contributed by atoms with Crippen LogP contribution in [-0.2, 0) is 25.5 Å². The van der Waals surface area contributed by atoms with E-state index in [-0.39, 0.29) is 33.9 Å². The highest BCUT2D eigenvalue weighted by atomic mass is 19.1. The number of hydrogen-bond donors (Lipinski definition) is 5. The zero-order valence-electron chi connectivity index (χ0n) is 22.5. The second kappa shape index (κ2) is 11.4. The van der Waals surface area contributed by atoms with Crippen LogP contribution in [0.3, 0.4) is 0 Å². The van der Waals surface area contributed by atoms with Gasteiger partial charge in [-0.3, -0.25) is 4.57 Å². The fraction of sp³-hybridized carbons (Fsp3) is 0.286. The molecule has 3 heterocycles. The van der Waals surface area contributed by atoms with Gasteiger partial charge in [-0.05, 0) is 35.7 Å². The maximum Gasteiger partial charge on any atom is 0.348 e. The molecule has 0 aliphatic carbocycles. The Morgan fingerprint density at radius 2 is 1.77 bits per heavy atom. The van der Waals surface area contributed by atoms with Gasteiger partial charge in [0.2, 0.25) is 0 Å². The van der Waals surface area contributed by atoms with Crippen LogP contribution in [-0.4, -0.2) is 88.4 Å². The number of aliphatic hydroxyl groups is 1. The number of carboxylic acid groups (broad SMARTS) is 3. The Morgan fingerprint density at radius 3 is 2.42 bits per heavy atom. The molecule has 0 amide bonds. The summed E-state index contributed by atoms with van der Waals surface area (Å²) in [6.45, 7) is 0.794. The molecular weight excluding hydrogens is 569 g/mol. The van der Waals surface area contributed by atoms with Crippen molar-refractivity contribution in [2.45, 2.75) is 43.6 Å². The number of aliphatic hydroxyl groups excluding tert-OH is 1. The topological polar surface area (TPSA) is 220 Å². The molecule has 4 atom stereocenters. The lowest BCUT2D eigenvalue weighted by molar-refractivity contribution is -0.190. The molecule has 14 nitrogen and oxygen atoms in total. The number of fused-ring (bicyclic) bond motifs is 1. The van der Waals surface area contributed by atoms with Gasteiger partial charge in [-0.15, -0.1) is 0 Å². The number of imidazole rings is 1. The Morgan fingerprint density at radius 1 is 1.07 bits per heavy atom. The first-order valence-electron chi connectivity index (χ1n) is 12.9. The smallest absolute Gasteiger partial charge is 0.348 e. The number of halogens is 1. The molecule has 1 aliphatic heterocycles. The predicted molar refractivity (Wildman–Crippen MR) is 146 cm³/mol. The molecule has 1 fully saturated rings. The Labute approximate surface area is 242 Å². The van der Waals surface area contributed by atoms with E-state index in [1.165, 1.54) is 35.2 Å². The van der Waals surface area contributed by atoms with Crippen molar-refractivity contribution in [2.24, 2.45) is 0 Å². The monoisotopic (exact) mass is 595 g/mol. The number of nitrogen functional groups attached to an aromatic ring is 1. The summed E-state index contributed by atoms with van der Waals surface area (Å²) < 4.78 is 27.5. The van der Waals surface area contributed by atoms with Gasteiger partial charge in [0.1, 0.15) is 23.5 Å². The number of anilines is 1. The normalized spacial score (nSPS) is 20.3. The van der Waals surface area contributed by atoms with Gasteiger partial charge in [0.05, 0.1) is 18.5 Å². The van der Waals surface area contributed by atoms with Crippen LogP contribution in [0.1, 0.15) is 28.0 Å². The number of nitrogens with two attached hydrogens (primary N) is 1. The summed E-state index contributed by atoms with van der Waals surface area (Å²) in [6.07, 6.45) is -6.14. The molecule has 1 saturated heterocycles. The number of aromatic carboxylic acids is 1. The molecule has 0 spiro atoms. The van der Waals surface area contributed by atoms with Crippen molar-refractivity contribution in [3.8, 4) is 11.1 Å². The van der Waals surface area contributed by atoms with Crippen LogP contribution in [0.5, 0.6) is 0 Å². The van der Waals surface area contributed by atoms with Crippen molar-refractivity contribution in [2.75, 3.05) is 12.3 Å². The van der Waals surface area contributed by atoms with E-state index in [0.29, 0.717) is 11.1 Å². The minimum Gasteiger partial charge on any atom is -0.479 e. The zero-order chi connectivity index (χ0) is 31.1. The van der Waals surface area contributed by atoms with Gasteiger partial charge in [-0.2, -0.15) is 0 Å².